The van der Waals surface area contributed by atoms with Crippen molar-refractivity contribution < 1.29 is 14.3 Å². The Balaban J connectivity index is 1.91. The number of thiophene rings is 1. The van der Waals surface area contributed by atoms with Crippen LogP contribution in [0.4, 0.5) is 0 Å². The van der Waals surface area contributed by atoms with E-state index >= 15 is 0 Å². The molecular formula is C18H24N2O3S. The zero-order valence-corrected chi connectivity index (χ0v) is 15.5. The minimum absolute atomic E-state index is 0.0412. The highest BCUT2D eigenvalue weighted by Crippen LogP contribution is 2.32. The summed E-state index contributed by atoms with van der Waals surface area (Å²) in [6.07, 6.45) is 2.96. The number of carbonyl (C=O) groups is 2. The highest BCUT2D eigenvalue weighted by atomic mass is 32.1. The summed E-state index contributed by atoms with van der Waals surface area (Å²) in [5.74, 6) is -0.223. The fourth-order valence-electron chi connectivity index (χ4n) is 2.79. The van der Waals surface area contributed by atoms with Crippen molar-refractivity contribution in [1.82, 2.24) is 10.3 Å². The molecule has 0 spiro atoms. The van der Waals surface area contributed by atoms with Crippen molar-refractivity contribution in [2.75, 3.05) is 13.7 Å². The fourth-order valence-corrected chi connectivity index (χ4v) is 4.01. The number of unbranched alkanes of at least 4 members (excludes halogenated alkanes) is 2. The van der Waals surface area contributed by atoms with Crippen LogP contribution in [0, 0.1) is 20.8 Å². The van der Waals surface area contributed by atoms with Crippen molar-refractivity contribution in [2.24, 2.45) is 0 Å². The van der Waals surface area contributed by atoms with Crippen molar-refractivity contribution in [3.05, 3.63) is 27.8 Å². The maximum atomic E-state index is 12.4. The third-order valence-corrected chi connectivity index (χ3v) is 5.19. The molecule has 2 aromatic heterocycles. The number of methoxy groups -OCH3 is 1. The van der Waals surface area contributed by atoms with Gasteiger partial charge in [-0.15, -0.1) is 11.3 Å². The van der Waals surface area contributed by atoms with Crippen LogP contribution in [-0.4, -0.2) is 30.5 Å². The number of esters is 1. The molecule has 0 aliphatic rings. The van der Waals surface area contributed by atoms with Crippen molar-refractivity contribution in [3.63, 3.8) is 0 Å². The van der Waals surface area contributed by atoms with Crippen LogP contribution in [-0.2, 0) is 9.53 Å². The SMILES string of the molecule is COC(=O)CCCCCNC(=O)c1sc2nc(C)cc(C)c2c1C. The standard InChI is InChI=1S/C18H24N2O3S/c1-11-10-12(2)20-18-15(11)13(3)16(24-18)17(22)19-9-7-5-6-8-14(21)23-4/h10H,5-9H2,1-4H3,(H,19,22). The predicted octanol–water partition coefficient (Wildman–Crippen LogP) is 3.68. The third kappa shape index (κ3) is 4.32. The van der Waals surface area contributed by atoms with E-state index in [-0.39, 0.29) is 11.9 Å². The van der Waals surface area contributed by atoms with Gasteiger partial charge in [-0.05, 0) is 50.8 Å². The molecule has 24 heavy (non-hydrogen) atoms. The minimum atomic E-state index is -0.182. The number of rotatable bonds is 7. The average Bonchev–Trinajstić information content (AvgIpc) is 2.87. The molecule has 0 aliphatic heterocycles. The summed E-state index contributed by atoms with van der Waals surface area (Å²) in [6, 6.07) is 2.05. The van der Waals surface area contributed by atoms with Gasteiger partial charge in [0.2, 0.25) is 0 Å². The van der Waals surface area contributed by atoms with Gasteiger partial charge in [0.15, 0.2) is 0 Å². The van der Waals surface area contributed by atoms with E-state index in [1.807, 2.05) is 19.9 Å². The Hall–Kier alpha value is -1.95. The quantitative estimate of drug-likeness (QED) is 0.612. The second-order valence-electron chi connectivity index (χ2n) is 5.96. The normalized spacial score (nSPS) is 10.8. The second-order valence-corrected chi connectivity index (χ2v) is 6.96. The van der Waals surface area contributed by atoms with E-state index in [4.69, 9.17) is 0 Å². The molecule has 2 aromatic rings. The Kier molecular flexibility index (Phi) is 6.31. The average molecular weight is 348 g/mol. The number of nitrogens with zero attached hydrogens (tertiary/aromatic N) is 1. The summed E-state index contributed by atoms with van der Waals surface area (Å²) in [7, 11) is 1.40. The van der Waals surface area contributed by atoms with E-state index in [2.05, 4.69) is 22.0 Å². The predicted molar refractivity (Wildman–Crippen MR) is 96.6 cm³/mol. The van der Waals surface area contributed by atoms with Crippen LogP contribution in [0.1, 0.15) is 52.2 Å². The first-order chi connectivity index (χ1) is 11.4. The van der Waals surface area contributed by atoms with Gasteiger partial charge in [0.1, 0.15) is 4.83 Å². The van der Waals surface area contributed by atoms with Gasteiger partial charge in [-0.3, -0.25) is 9.59 Å². The van der Waals surface area contributed by atoms with E-state index in [9.17, 15) is 9.59 Å². The van der Waals surface area contributed by atoms with Crippen LogP contribution < -0.4 is 5.32 Å². The first kappa shape index (κ1) is 18.4. The summed E-state index contributed by atoms with van der Waals surface area (Å²) in [5, 5.41) is 4.06. The maximum Gasteiger partial charge on any atom is 0.305 e. The molecule has 0 saturated carbocycles. The van der Waals surface area contributed by atoms with Crippen LogP contribution in [0.5, 0.6) is 0 Å². The van der Waals surface area contributed by atoms with E-state index in [1.54, 1.807) is 0 Å². The van der Waals surface area contributed by atoms with Crippen molar-refractivity contribution >= 4 is 33.4 Å². The first-order valence-electron chi connectivity index (χ1n) is 8.16. The van der Waals surface area contributed by atoms with Crippen molar-refractivity contribution in [2.45, 2.75) is 46.5 Å². The Bertz CT molecular complexity index is 752. The van der Waals surface area contributed by atoms with Gasteiger partial charge in [0.25, 0.3) is 5.91 Å². The fraction of sp³-hybridized carbons (Fsp3) is 0.500. The van der Waals surface area contributed by atoms with Crippen molar-refractivity contribution in [1.29, 1.82) is 0 Å². The van der Waals surface area contributed by atoms with Crippen LogP contribution in [0.25, 0.3) is 10.2 Å². The van der Waals surface area contributed by atoms with Gasteiger partial charge in [0.05, 0.1) is 12.0 Å². The summed E-state index contributed by atoms with van der Waals surface area (Å²) in [6.45, 7) is 6.61. The number of nitrogens with one attached hydrogen (secondary N) is 1. The lowest BCUT2D eigenvalue weighted by atomic mass is 10.1. The van der Waals surface area contributed by atoms with Gasteiger partial charge in [0, 0.05) is 24.0 Å². The monoisotopic (exact) mass is 348 g/mol. The molecule has 0 unspecified atom stereocenters. The molecule has 0 aliphatic carbocycles. The molecule has 1 amide bonds. The molecule has 0 fully saturated rings. The molecule has 0 radical (unpaired) electrons. The Morgan fingerprint density at radius 3 is 2.67 bits per heavy atom. The lowest BCUT2D eigenvalue weighted by Crippen LogP contribution is -2.24. The maximum absolute atomic E-state index is 12.4. The van der Waals surface area contributed by atoms with E-state index in [0.29, 0.717) is 13.0 Å². The molecule has 5 nitrogen and oxygen atoms in total. The van der Waals surface area contributed by atoms with E-state index < -0.39 is 0 Å². The van der Waals surface area contributed by atoms with Gasteiger partial charge in [-0.25, -0.2) is 4.98 Å². The zero-order valence-electron chi connectivity index (χ0n) is 14.7. The number of hydrogen-bond donors (Lipinski definition) is 1. The largest absolute Gasteiger partial charge is 0.469 e. The molecule has 0 atom stereocenters. The number of pyridine rings is 1. The molecule has 2 rings (SSSR count). The molecule has 0 saturated heterocycles. The Morgan fingerprint density at radius 2 is 1.96 bits per heavy atom. The number of aromatic nitrogens is 1. The number of aryl methyl sites for hydroxylation is 3. The van der Waals surface area contributed by atoms with Gasteiger partial charge in [-0.1, -0.05) is 6.42 Å². The Morgan fingerprint density at radius 1 is 1.21 bits per heavy atom. The Labute approximate surface area is 146 Å². The highest BCUT2D eigenvalue weighted by molar-refractivity contribution is 7.20. The molecule has 0 bridgehead atoms. The molecule has 6 heteroatoms. The van der Waals surface area contributed by atoms with Crippen molar-refractivity contribution in [3.8, 4) is 0 Å². The highest BCUT2D eigenvalue weighted by Gasteiger charge is 2.17. The lowest BCUT2D eigenvalue weighted by molar-refractivity contribution is -0.140. The van der Waals surface area contributed by atoms with Crippen LogP contribution >= 0.6 is 11.3 Å². The lowest BCUT2D eigenvalue weighted by Gasteiger charge is -2.05. The topological polar surface area (TPSA) is 68.3 Å². The van der Waals surface area contributed by atoms with Gasteiger partial charge >= 0.3 is 5.97 Å². The number of fused-ring (bicyclic) bond motifs is 1. The minimum Gasteiger partial charge on any atom is -0.469 e. The number of carbonyl (C=O) groups excluding carboxylic acids is 2. The molecule has 2 heterocycles. The van der Waals surface area contributed by atoms with E-state index in [1.165, 1.54) is 18.4 Å². The van der Waals surface area contributed by atoms with Crippen LogP contribution in [0.2, 0.25) is 0 Å². The van der Waals surface area contributed by atoms with Gasteiger partial charge < -0.3 is 10.1 Å². The summed E-state index contributed by atoms with van der Waals surface area (Å²) >= 11 is 1.45. The summed E-state index contributed by atoms with van der Waals surface area (Å²) in [5.41, 5.74) is 3.13. The summed E-state index contributed by atoms with van der Waals surface area (Å²) < 4.78 is 4.60. The number of amides is 1. The molecular weight excluding hydrogens is 324 g/mol. The molecule has 0 aromatic carbocycles. The van der Waals surface area contributed by atoms with E-state index in [0.717, 1.165) is 51.2 Å². The molecule has 130 valence electrons. The number of hydrogen-bond acceptors (Lipinski definition) is 5. The summed E-state index contributed by atoms with van der Waals surface area (Å²) in [4.78, 5) is 29.6. The zero-order chi connectivity index (χ0) is 17.7. The van der Waals surface area contributed by atoms with Crippen LogP contribution in [0.15, 0.2) is 6.07 Å². The van der Waals surface area contributed by atoms with Crippen LogP contribution in [0.3, 0.4) is 0 Å². The third-order valence-electron chi connectivity index (χ3n) is 4.00. The van der Waals surface area contributed by atoms with Gasteiger partial charge in [-0.2, -0.15) is 0 Å². The smallest absolute Gasteiger partial charge is 0.305 e. The number of ether oxygens (including phenoxy) is 1. The first-order valence-corrected chi connectivity index (χ1v) is 8.98. The molecule has 1 N–H and O–H groups in total. The second kappa shape index (κ2) is 8.24.